The highest BCUT2D eigenvalue weighted by Gasteiger charge is 2.35. The van der Waals surface area contributed by atoms with Crippen molar-refractivity contribution in [3.63, 3.8) is 0 Å². The first-order valence-electron chi connectivity index (χ1n) is 5.43. The van der Waals surface area contributed by atoms with E-state index in [2.05, 4.69) is 5.32 Å². The van der Waals surface area contributed by atoms with Crippen molar-refractivity contribution in [2.24, 2.45) is 0 Å². The molecule has 5 nitrogen and oxygen atoms in total. The summed E-state index contributed by atoms with van der Waals surface area (Å²) in [5.74, 6) is 0.110. The molecule has 2 amide bonds. The number of carbonyl (C=O) groups is 2. The number of nitrogens with one attached hydrogen (secondary N) is 1. The predicted octanol–water partition coefficient (Wildman–Crippen LogP) is 1.52. The van der Waals surface area contributed by atoms with E-state index in [1.54, 1.807) is 18.2 Å². The van der Waals surface area contributed by atoms with E-state index < -0.39 is 6.04 Å². The van der Waals surface area contributed by atoms with Crippen LogP contribution in [0.15, 0.2) is 18.2 Å². The average Bonchev–Trinajstić information content (AvgIpc) is 2.59. The number of likely N-dealkylation sites (N-methyl/N-ethyl adjacent to an activating group) is 1. The number of rotatable bonds is 3. The summed E-state index contributed by atoms with van der Waals surface area (Å²) < 4.78 is 5.08. The number of hydrogen-bond donors (Lipinski definition) is 1. The molecule has 0 bridgehead atoms. The molecule has 1 fully saturated rings. The molecule has 0 aliphatic carbocycles. The Morgan fingerprint density at radius 3 is 2.72 bits per heavy atom. The summed E-state index contributed by atoms with van der Waals surface area (Å²) in [6.45, 7) is 0. The third kappa shape index (κ3) is 2.26. The molecule has 0 radical (unpaired) electrons. The van der Waals surface area contributed by atoms with Gasteiger partial charge in [0, 0.05) is 18.8 Å². The van der Waals surface area contributed by atoms with Gasteiger partial charge in [-0.3, -0.25) is 14.5 Å². The van der Waals surface area contributed by atoms with Gasteiger partial charge in [0.25, 0.3) is 5.91 Å². The second-order valence-corrected chi connectivity index (χ2v) is 4.45. The lowest BCUT2D eigenvalue weighted by atomic mass is 10.2. The fraction of sp³-hybridized carbons (Fsp3) is 0.333. The third-order valence-electron chi connectivity index (χ3n) is 2.87. The normalized spacial score (nSPS) is 19.3. The summed E-state index contributed by atoms with van der Waals surface area (Å²) in [5, 5.41) is 3.50. The van der Waals surface area contributed by atoms with Gasteiger partial charge in [0.2, 0.25) is 5.91 Å². The van der Waals surface area contributed by atoms with Crippen LogP contribution in [0.3, 0.4) is 0 Å². The minimum absolute atomic E-state index is 0.167. The van der Waals surface area contributed by atoms with Crippen molar-refractivity contribution in [1.29, 1.82) is 0 Å². The Labute approximate surface area is 110 Å². The molecular weight excluding hydrogens is 256 g/mol. The zero-order valence-corrected chi connectivity index (χ0v) is 10.8. The van der Waals surface area contributed by atoms with E-state index in [9.17, 15) is 9.59 Å². The largest absolute Gasteiger partial charge is 0.495 e. The standard InChI is InChI=1S/C12H13ClN2O3/c1-15-11(16)6-9(12(15)17)14-7-3-4-8(13)10(5-7)18-2/h3-5,9,14H,6H2,1-2H3. The molecule has 1 heterocycles. The highest BCUT2D eigenvalue weighted by molar-refractivity contribution is 6.32. The van der Waals surface area contributed by atoms with Gasteiger partial charge in [0.05, 0.1) is 18.6 Å². The van der Waals surface area contributed by atoms with E-state index >= 15 is 0 Å². The topological polar surface area (TPSA) is 58.6 Å². The molecule has 1 N–H and O–H groups in total. The van der Waals surface area contributed by atoms with Crippen LogP contribution >= 0.6 is 11.6 Å². The van der Waals surface area contributed by atoms with Gasteiger partial charge in [-0.05, 0) is 12.1 Å². The molecule has 0 saturated carbocycles. The summed E-state index contributed by atoms with van der Waals surface area (Å²) in [7, 11) is 3.00. The highest BCUT2D eigenvalue weighted by Crippen LogP contribution is 2.28. The summed E-state index contributed by atoms with van der Waals surface area (Å²) in [4.78, 5) is 24.2. The molecule has 6 heteroatoms. The Kier molecular flexibility index (Phi) is 3.43. The maximum atomic E-state index is 11.7. The number of benzene rings is 1. The molecule has 1 unspecified atom stereocenters. The molecular formula is C12H13ClN2O3. The monoisotopic (exact) mass is 268 g/mol. The Balaban J connectivity index is 2.15. The van der Waals surface area contributed by atoms with Crippen molar-refractivity contribution in [3.8, 4) is 5.75 Å². The molecule has 18 heavy (non-hydrogen) atoms. The Morgan fingerprint density at radius 2 is 2.17 bits per heavy atom. The molecule has 0 spiro atoms. The minimum atomic E-state index is -0.520. The molecule has 1 aromatic carbocycles. The van der Waals surface area contributed by atoms with Crippen LogP contribution in [0.5, 0.6) is 5.75 Å². The maximum absolute atomic E-state index is 11.7. The lowest BCUT2D eigenvalue weighted by Crippen LogP contribution is -2.31. The first-order chi connectivity index (χ1) is 8.52. The number of halogens is 1. The number of likely N-dealkylation sites (tertiary alicyclic amines) is 1. The van der Waals surface area contributed by atoms with Gasteiger partial charge in [0.1, 0.15) is 11.8 Å². The van der Waals surface area contributed by atoms with E-state index in [1.807, 2.05) is 0 Å². The summed E-state index contributed by atoms with van der Waals surface area (Å²) in [6.07, 6.45) is 0.167. The van der Waals surface area contributed by atoms with Crippen molar-refractivity contribution >= 4 is 29.1 Å². The van der Waals surface area contributed by atoms with Gasteiger partial charge in [-0.2, -0.15) is 0 Å². The first-order valence-corrected chi connectivity index (χ1v) is 5.81. The second-order valence-electron chi connectivity index (χ2n) is 4.04. The van der Waals surface area contributed by atoms with Crippen molar-refractivity contribution < 1.29 is 14.3 Å². The van der Waals surface area contributed by atoms with E-state index in [1.165, 1.54) is 14.2 Å². The molecule has 1 aliphatic heterocycles. The Hall–Kier alpha value is -1.75. The van der Waals surface area contributed by atoms with Gasteiger partial charge >= 0.3 is 0 Å². The summed E-state index contributed by atoms with van der Waals surface area (Å²) in [5.41, 5.74) is 0.692. The van der Waals surface area contributed by atoms with E-state index in [-0.39, 0.29) is 18.2 Å². The van der Waals surface area contributed by atoms with E-state index in [0.29, 0.717) is 16.5 Å². The smallest absolute Gasteiger partial charge is 0.251 e. The molecule has 2 rings (SSSR count). The number of nitrogens with zero attached hydrogens (tertiary/aromatic N) is 1. The fourth-order valence-electron chi connectivity index (χ4n) is 1.82. The molecule has 0 aromatic heterocycles. The molecule has 1 saturated heterocycles. The number of amides is 2. The minimum Gasteiger partial charge on any atom is -0.495 e. The Morgan fingerprint density at radius 1 is 1.44 bits per heavy atom. The van der Waals surface area contributed by atoms with Crippen LogP contribution in [0.2, 0.25) is 5.02 Å². The van der Waals surface area contributed by atoms with Gasteiger partial charge < -0.3 is 10.1 Å². The van der Waals surface area contributed by atoms with Crippen molar-refractivity contribution in [3.05, 3.63) is 23.2 Å². The zero-order valence-electron chi connectivity index (χ0n) is 10.1. The number of methoxy groups -OCH3 is 1. The molecule has 1 atom stereocenters. The molecule has 1 aliphatic rings. The number of carbonyl (C=O) groups excluding carboxylic acids is 2. The van der Waals surface area contributed by atoms with Crippen molar-refractivity contribution in [2.75, 3.05) is 19.5 Å². The molecule has 96 valence electrons. The summed E-state index contributed by atoms with van der Waals surface area (Å²) in [6, 6.07) is 4.58. The first kappa shape index (κ1) is 12.7. The average molecular weight is 269 g/mol. The van der Waals surface area contributed by atoms with Crippen LogP contribution in [0.25, 0.3) is 0 Å². The van der Waals surface area contributed by atoms with Gasteiger partial charge in [-0.1, -0.05) is 11.6 Å². The lowest BCUT2D eigenvalue weighted by Gasteiger charge is -2.13. The van der Waals surface area contributed by atoms with Crippen LogP contribution in [0.1, 0.15) is 6.42 Å². The van der Waals surface area contributed by atoms with Crippen LogP contribution in [0.4, 0.5) is 5.69 Å². The zero-order chi connectivity index (χ0) is 13.3. The van der Waals surface area contributed by atoms with Gasteiger partial charge in [-0.25, -0.2) is 0 Å². The highest BCUT2D eigenvalue weighted by atomic mass is 35.5. The third-order valence-corrected chi connectivity index (χ3v) is 3.19. The predicted molar refractivity (Wildman–Crippen MR) is 67.8 cm³/mol. The van der Waals surface area contributed by atoms with Gasteiger partial charge in [0.15, 0.2) is 0 Å². The Bertz CT molecular complexity index is 504. The SMILES string of the molecule is COc1cc(NC2CC(=O)N(C)C2=O)ccc1Cl. The van der Waals surface area contributed by atoms with Crippen LogP contribution in [-0.4, -0.2) is 36.9 Å². The van der Waals surface area contributed by atoms with Gasteiger partial charge in [-0.15, -0.1) is 0 Å². The quantitative estimate of drug-likeness (QED) is 0.845. The molecule has 1 aromatic rings. The lowest BCUT2D eigenvalue weighted by molar-refractivity contribution is -0.136. The fourth-order valence-corrected chi connectivity index (χ4v) is 2.01. The van der Waals surface area contributed by atoms with Crippen LogP contribution in [0, 0.1) is 0 Å². The van der Waals surface area contributed by atoms with Crippen LogP contribution in [-0.2, 0) is 9.59 Å². The number of imide groups is 1. The van der Waals surface area contributed by atoms with E-state index in [0.717, 1.165) is 4.90 Å². The maximum Gasteiger partial charge on any atom is 0.251 e. The summed E-state index contributed by atoms with van der Waals surface area (Å²) >= 11 is 5.91. The second kappa shape index (κ2) is 4.86. The number of ether oxygens (including phenoxy) is 1. The number of anilines is 1. The van der Waals surface area contributed by atoms with E-state index in [4.69, 9.17) is 16.3 Å². The van der Waals surface area contributed by atoms with Crippen molar-refractivity contribution in [1.82, 2.24) is 4.90 Å². The van der Waals surface area contributed by atoms with Crippen LogP contribution < -0.4 is 10.1 Å². The van der Waals surface area contributed by atoms with Crippen molar-refractivity contribution in [2.45, 2.75) is 12.5 Å². The number of hydrogen-bond acceptors (Lipinski definition) is 4.